The number of carbonyl (C=O) groups excluding carboxylic acids is 1. The number of hydrogen-bond donors (Lipinski definition) is 2. The lowest BCUT2D eigenvalue weighted by atomic mass is 10.4. The third kappa shape index (κ3) is 4.17. The molecule has 0 saturated heterocycles. The van der Waals surface area contributed by atoms with Crippen molar-refractivity contribution in [3.8, 4) is 0 Å². The van der Waals surface area contributed by atoms with Gasteiger partial charge in [0.2, 0.25) is 15.9 Å². The first-order valence-electron chi connectivity index (χ1n) is 6.28. The molecule has 0 aliphatic carbocycles. The maximum Gasteiger partial charge on any atom is 0.245 e. The van der Waals surface area contributed by atoms with Gasteiger partial charge in [-0.15, -0.1) is 0 Å². The predicted octanol–water partition coefficient (Wildman–Crippen LogP) is 0.199. The average molecular weight is 300 g/mol. The molecular weight excluding hydrogens is 280 g/mol. The molecule has 0 spiro atoms. The topological polar surface area (TPSA) is 105 Å². The van der Waals surface area contributed by atoms with Crippen molar-refractivity contribution in [3.63, 3.8) is 0 Å². The van der Waals surface area contributed by atoms with Gasteiger partial charge in [0.05, 0.1) is 6.54 Å². The zero-order valence-electron chi connectivity index (χ0n) is 11.8. The number of sulfonamides is 1. The van der Waals surface area contributed by atoms with Crippen LogP contribution in [0.4, 0.5) is 5.82 Å². The van der Waals surface area contributed by atoms with E-state index in [-0.39, 0.29) is 35.8 Å². The third-order valence-electron chi connectivity index (χ3n) is 2.52. The Morgan fingerprint density at radius 2 is 2.10 bits per heavy atom. The van der Waals surface area contributed by atoms with Crippen LogP contribution in [0, 0.1) is 0 Å². The number of hydrogen-bond acceptors (Lipinski definition) is 5. The average Bonchev–Trinajstić information content (AvgIpc) is 2.35. The van der Waals surface area contributed by atoms with Gasteiger partial charge in [-0.25, -0.2) is 13.4 Å². The molecule has 1 heterocycles. The zero-order valence-corrected chi connectivity index (χ0v) is 12.6. The number of nitrogens with two attached hydrogens (primary N) is 1. The smallest absolute Gasteiger partial charge is 0.245 e. The molecular formula is C12H20N4O3S. The number of pyridine rings is 1. The fraction of sp³-hybridized carbons (Fsp3) is 0.500. The molecule has 3 N–H and O–H groups in total. The van der Waals surface area contributed by atoms with E-state index < -0.39 is 10.0 Å². The highest BCUT2D eigenvalue weighted by atomic mass is 32.2. The number of likely N-dealkylation sites (N-methyl/N-ethyl adjacent to an activating group) is 1. The van der Waals surface area contributed by atoms with E-state index in [1.165, 1.54) is 18.3 Å². The number of rotatable bonds is 6. The summed E-state index contributed by atoms with van der Waals surface area (Å²) in [6, 6.07) is 2.75. The molecule has 1 aromatic heterocycles. The molecule has 1 rings (SSSR count). The van der Waals surface area contributed by atoms with E-state index >= 15 is 0 Å². The van der Waals surface area contributed by atoms with Crippen molar-refractivity contribution in [1.82, 2.24) is 14.6 Å². The van der Waals surface area contributed by atoms with Crippen molar-refractivity contribution >= 4 is 21.7 Å². The lowest BCUT2D eigenvalue weighted by Gasteiger charge is -2.20. The van der Waals surface area contributed by atoms with Crippen molar-refractivity contribution in [1.29, 1.82) is 0 Å². The van der Waals surface area contributed by atoms with E-state index in [0.29, 0.717) is 0 Å². The highest BCUT2D eigenvalue weighted by Gasteiger charge is 2.25. The monoisotopic (exact) mass is 300 g/mol. The second-order valence-electron chi connectivity index (χ2n) is 4.57. The summed E-state index contributed by atoms with van der Waals surface area (Å²) in [5.41, 5.74) is 5.43. The maximum absolute atomic E-state index is 12.4. The van der Waals surface area contributed by atoms with Crippen LogP contribution in [0.25, 0.3) is 0 Å². The summed E-state index contributed by atoms with van der Waals surface area (Å²) in [6.07, 6.45) is 1.19. The van der Waals surface area contributed by atoms with Crippen LogP contribution < -0.4 is 11.1 Å². The molecule has 7 nitrogen and oxygen atoms in total. The number of nitrogens with zero attached hydrogens (tertiary/aromatic N) is 2. The highest BCUT2D eigenvalue weighted by Crippen LogP contribution is 2.15. The molecule has 112 valence electrons. The van der Waals surface area contributed by atoms with Gasteiger partial charge in [-0.05, 0) is 26.0 Å². The van der Waals surface area contributed by atoms with Crippen LogP contribution in [0.2, 0.25) is 0 Å². The number of anilines is 1. The summed E-state index contributed by atoms with van der Waals surface area (Å²) in [7, 11) is -3.74. The van der Waals surface area contributed by atoms with E-state index in [4.69, 9.17) is 5.73 Å². The fourth-order valence-corrected chi connectivity index (χ4v) is 2.94. The Kier molecular flexibility index (Phi) is 5.46. The number of aromatic nitrogens is 1. The largest absolute Gasteiger partial charge is 0.384 e. The minimum absolute atomic E-state index is 0.0193. The van der Waals surface area contributed by atoms with Crippen molar-refractivity contribution < 1.29 is 13.2 Å². The van der Waals surface area contributed by atoms with Gasteiger partial charge in [-0.1, -0.05) is 6.92 Å². The van der Waals surface area contributed by atoms with Crippen LogP contribution in [0.3, 0.4) is 0 Å². The summed E-state index contributed by atoms with van der Waals surface area (Å²) >= 11 is 0. The van der Waals surface area contributed by atoms with Crippen LogP contribution in [-0.4, -0.2) is 42.7 Å². The molecule has 1 aromatic rings. The van der Waals surface area contributed by atoms with Crippen LogP contribution in [-0.2, 0) is 14.8 Å². The highest BCUT2D eigenvalue weighted by molar-refractivity contribution is 7.89. The molecule has 0 atom stereocenters. The van der Waals surface area contributed by atoms with Crippen LogP contribution in [0.1, 0.15) is 20.8 Å². The number of nitrogen functional groups attached to an aromatic ring is 1. The van der Waals surface area contributed by atoms with E-state index in [1.54, 1.807) is 6.92 Å². The molecule has 20 heavy (non-hydrogen) atoms. The number of carbonyl (C=O) groups is 1. The summed E-state index contributed by atoms with van der Waals surface area (Å²) < 4.78 is 25.8. The molecule has 1 amide bonds. The van der Waals surface area contributed by atoms with E-state index in [1.807, 2.05) is 13.8 Å². The second-order valence-corrected chi connectivity index (χ2v) is 6.51. The van der Waals surface area contributed by atoms with Gasteiger partial charge in [0.15, 0.2) is 0 Å². The van der Waals surface area contributed by atoms with E-state index in [2.05, 4.69) is 10.3 Å². The Morgan fingerprint density at radius 1 is 1.45 bits per heavy atom. The third-order valence-corrected chi connectivity index (χ3v) is 4.42. The van der Waals surface area contributed by atoms with Crippen molar-refractivity contribution in [3.05, 3.63) is 18.3 Å². The first-order chi connectivity index (χ1) is 9.27. The Bertz CT molecular complexity index is 555. The molecule has 0 radical (unpaired) electrons. The van der Waals surface area contributed by atoms with Crippen LogP contribution in [0.15, 0.2) is 23.2 Å². The quantitative estimate of drug-likeness (QED) is 0.780. The van der Waals surface area contributed by atoms with Crippen LogP contribution in [0.5, 0.6) is 0 Å². The maximum atomic E-state index is 12.4. The summed E-state index contributed by atoms with van der Waals surface area (Å²) in [5.74, 6) is -0.0987. The van der Waals surface area contributed by atoms with Gasteiger partial charge in [0.25, 0.3) is 0 Å². The van der Waals surface area contributed by atoms with Gasteiger partial charge in [0, 0.05) is 18.8 Å². The molecule has 8 heteroatoms. The van der Waals surface area contributed by atoms with Gasteiger partial charge in [-0.3, -0.25) is 4.79 Å². The normalized spacial score (nSPS) is 11.8. The SMILES string of the molecule is CCN(CC(=O)NC(C)C)S(=O)(=O)c1ccc(N)nc1. The minimum Gasteiger partial charge on any atom is -0.384 e. The molecule has 0 saturated carbocycles. The second kappa shape index (κ2) is 6.67. The standard InChI is InChI=1S/C12H20N4O3S/c1-4-16(8-12(17)15-9(2)3)20(18,19)10-5-6-11(13)14-7-10/h5-7,9H,4,8H2,1-3H3,(H2,13,14)(H,15,17). The van der Waals surface area contributed by atoms with Crippen molar-refractivity contribution in [2.24, 2.45) is 0 Å². The predicted molar refractivity (Wildman–Crippen MR) is 76.4 cm³/mol. The lowest BCUT2D eigenvalue weighted by Crippen LogP contribution is -2.42. The first kappa shape index (κ1) is 16.4. The summed E-state index contributed by atoms with van der Waals surface area (Å²) in [4.78, 5) is 15.5. The summed E-state index contributed by atoms with van der Waals surface area (Å²) in [5, 5.41) is 2.66. The molecule has 0 aromatic carbocycles. The molecule has 0 aliphatic rings. The number of amides is 1. The minimum atomic E-state index is -3.74. The van der Waals surface area contributed by atoms with Crippen LogP contribution >= 0.6 is 0 Å². The molecule has 0 aliphatic heterocycles. The molecule has 0 bridgehead atoms. The van der Waals surface area contributed by atoms with E-state index in [9.17, 15) is 13.2 Å². The Hall–Kier alpha value is -1.67. The van der Waals surface area contributed by atoms with Gasteiger partial charge in [-0.2, -0.15) is 4.31 Å². The zero-order chi connectivity index (χ0) is 15.3. The summed E-state index contributed by atoms with van der Waals surface area (Å²) in [6.45, 7) is 5.27. The van der Waals surface area contributed by atoms with Gasteiger partial charge >= 0.3 is 0 Å². The Labute approximate surface area is 119 Å². The molecule has 0 fully saturated rings. The van der Waals surface area contributed by atoms with Gasteiger partial charge in [0.1, 0.15) is 10.7 Å². The van der Waals surface area contributed by atoms with Crippen molar-refractivity contribution in [2.45, 2.75) is 31.7 Å². The Balaban J connectivity index is 2.92. The lowest BCUT2D eigenvalue weighted by molar-refractivity contribution is -0.121. The first-order valence-corrected chi connectivity index (χ1v) is 7.72. The van der Waals surface area contributed by atoms with E-state index in [0.717, 1.165) is 4.31 Å². The number of nitrogens with one attached hydrogen (secondary N) is 1. The fourth-order valence-electron chi connectivity index (χ4n) is 1.59. The molecule has 0 unspecified atom stereocenters. The Morgan fingerprint density at radius 3 is 2.55 bits per heavy atom. The van der Waals surface area contributed by atoms with Crippen molar-refractivity contribution in [2.75, 3.05) is 18.8 Å². The van der Waals surface area contributed by atoms with Gasteiger partial charge < -0.3 is 11.1 Å².